The lowest BCUT2D eigenvalue weighted by atomic mass is 10.0. The zero-order valence-corrected chi connectivity index (χ0v) is 13.5. The summed E-state index contributed by atoms with van der Waals surface area (Å²) in [6.45, 7) is 6.39. The lowest BCUT2D eigenvalue weighted by molar-refractivity contribution is -0.136. The van der Waals surface area contributed by atoms with E-state index in [1.165, 1.54) is 7.11 Å². The molecule has 0 saturated heterocycles. The monoisotopic (exact) mass is 299 g/mol. The Morgan fingerprint density at radius 2 is 1.86 bits per heavy atom. The minimum Gasteiger partial charge on any atom is -0.465 e. The number of amides is 1. The molecule has 1 aromatic rings. The van der Waals surface area contributed by atoms with Gasteiger partial charge in [0.05, 0.1) is 18.3 Å². The van der Waals surface area contributed by atoms with Gasteiger partial charge >= 0.3 is 5.97 Å². The highest BCUT2D eigenvalue weighted by atomic mass is 16.5. The number of benzene rings is 1. The van der Waals surface area contributed by atoms with Crippen LogP contribution in [0, 0.1) is 6.92 Å². The van der Waals surface area contributed by atoms with E-state index in [1.807, 2.05) is 38.1 Å². The van der Waals surface area contributed by atoms with Gasteiger partial charge in [0.15, 0.2) is 0 Å². The van der Waals surface area contributed by atoms with E-state index >= 15 is 0 Å². The first kappa shape index (κ1) is 16.0. The van der Waals surface area contributed by atoms with Crippen LogP contribution in [0.15, 0.2) is 41.1 Å². The lowest BCUT2D eigenvalue weighted by Crippen LogP contribution is -2.25. The normalized spacial score (nSPS) is 16.6. The smallest absolute Gasteiger partial charge is 0.340 e. The van der Waals surface area contributed by atoms with Crippen molar-refractivity contribution in [3.8, 4) is 0 Å². The molecule has 116 valence electrons. The van der Waals surface area contributed by atoms with Crippen molar-refractivity contribution in [1.29, 1.82) is 0 Å². The summed E-state index contributed by atoms with van der Waals surface area (Å²) in [5.41, 5.74) is 3.47. The van der Waals surface area contributed by atoms with Crippen LogP contribution in [0.4, 0.5) is 0 Å². The van der Waals surface area contributed by atoms with E-state index in [2.05, 4.69) is 0 Å². The summed E-state index contributed by atoms with van der Waals surface area (Å²) in [5.74, 6) is -0.608. The van der Waals surface area contributed by atoms with E-state index in [9.17, 15) is 9.59 Å². The maximum atomic E-state index is 12.6. The quantitative estimate of drug-likeness (QED) is 0.634. The number of carbonyl (C=O) groups is 2. The number of aryl methyl sites for hydroxylation is 1. The van der Waals surface area contributed by atoms with Gasteiger partial charge in [-0.1, -0.05) is 36.8 Å². The average Bonchev–Trinajstić information content (AvgIpc) is 2.74. The zero-order chi connectivity index (χ0) is 16.3. The molecule has 0 atom stereocenters. The Kier molecular flexibility index (Phi) is 4.81. The van der Waals surface area contributed by atoms with Gasteiger partial charge in [0.1, 0.15) is 0 Å². The van der Waals surface area contributed by atoms with Crippen LogP contribution in [-0.4, -0.2) is 30.4 Å². The number of carbonyl (C=O) groups excluding carboxylic acids is 2. The summed E-state index contributed by atoms with van der Waals surface area (Å²) in [4.78, 5) is 26.3. The van der Waals surface area contributed by atoms with Crippen LogP contribution in [0.25, 0.3) is 6.08 Å². The molecule has 0 saturated carbocycles. The highest BCUT2D eigenvalue weighted by molar-refractivity contribution is 6.16. The molecule has 1 aliphatic heterocycles. The molecule has 0 N–H and O–H groups in total. The molecule has 2 rings (SSSR count). The van der Waals surface area contributed by atoms with E-state index in [-0.39, 0.29) is 5.91 Å². The van der Waals surface area contributed by atoms with Gasteiger partial charge in [-0.3, -0.25) is 4.79 Å². The molecule has 4 nitrogen and oxygen atoms in total. The summed E-state index contributed by atoms with van der Waals surface area (Å²) in [6, 6.07) is 7.82. The van der Waals surface area contributed by atoms with Crippen molar-refractivity contribution in [1.82, 2.24) is 4.90 Å². The Hall–Kier alpha value is -2.36. The molecule has 0 aromatic heterocycles. The summed E-state index contributed by atoms with van der Waals surface area (Å²) in [7, 11) is 1.33. The molecule has 0 spiro atoms. The van der Waals surface area contributed by atoms with Crippen LogP contribution in [0.2, 0.25) is 0 Å². The molecular formula is C18H21NO3. The van der Waals surface area contributed by atoms with Crippen molar-refractivity contribution >= 4 is 18.0 Å². The van der Waals surface area contributed by atoms with Gasteiger partial charge in [0, 0.05) is 12.2 Å². The lowest BCUT2D eigenvalue weighted by Gasteiger charge is -2.16. The van der Waals surface area contributed by atoms with E-state index in [1.54, 1.807) is 17.9 Å². The van der Waals surface area contributed by atoms with Crippen molar-refractivity contribution in [2.45, 2.75) is 27.2 Å². The van der Waals surface area contributed by atoms with E-state index in [0.29, 0.717) is 23.4 Å². The molecule has 0 aliphatic carbocycles. The molecule has 22 heavy (non-hydrogen) atoms. The summed E-state index contributed by atoms with van der Waals surface area (Å²) in [5, 5.41) is 0. The second kappa shape index (κ2) is 6.60. The topological polar surface area (TPSA) is 46.6 Å². The van der Waals surface area contributed by atoms with Crippen LogP contribution in [0.1, 0.15) is 31.4 Å². The Morgan fingerprint density at radius 1 is 1.23 bits per heavy atom. The van der Waals surface area contributed by atoms with Gasteiger partial charge in [-0.2, -0.15) is 0 Å². The van der Waals surface area contributed by atoms with Crippen LogP contribution in [0.5, 0.6) is 0 Å². The van der Waals surface area contributed by atoms with Crippen molar-refractivity contribution < 1.29 is 14.3 Å². The Bertz CT molecular complexity index is 653. The summed E-state index contributed by atoms with van der Waals surface area (Å²) < 4.78 is 4.85. The third-order valence-electron chi connectivity index (χ3n) is 3.74. The highest BCUT2D eigenvalue weighted by Crippen LogP contribution is 2.31. The van der Waals surface area contributed by atoms with E-state index in [0.717, 1.165) is 17.5 Å². The number of ether oxygens (including phenoxy) is 1. The fourth-order valence-corrected chi connectivity index (χ4v) is 2.55. The molecule has 1 heterocycles. The van der Waals surface area contributed by atoms with Crippen molar-refractivity contribution in [2.24, 2.45) is 0 Å². The molecule has 0 bridgehead atoms. The number of rotatable bonds is 4. The minimum atomic E-state index is -0.470. The molecule has 1 amide bonds. The maximum absolute atomic E-state index is 12.6. The van der Waals surface area contributed by atoms with Gasteiger partial charge in [-0.05, 0) is 31.9 Å². The number of hydrogen-bond acceptors (Lipinski definition) is 3. The number of allylic oxidation sites excluding steroid dienone is 1. The number of nitrogens with zero attached hydrogens (tertiary/aromatic N) is 1. The summed E-state index contributed by atoms with van der Waals surface area (Å²) in [6.07, 6.45) is 2.59. The Balaban J connectivity index is 2.49. The van der Waals surface area contributed by atoms with E-state index < -0.39 is 5.97 Å². The molecule has 0 unspecified atom stereocenters. The van der Waals surface area contributed by atoms with Gasteiger partial charge in [-0.15, -0.1) is 0 Å². The first-order chi connectivity index (χ1) is 10.5. The van der Waals surface area contributed by atoms with Crippen LogP contribution in [0.3, 0.4) is 0 Å². The second-order valence-electron chi connectivity index (χ2n) is 5.38. The predicted molar refractivity (Wildman–Crippen MR) is 85.9 cm³/mol. The van der Waals surface area contributed by atoms with Crippen molar-refractivity contribution in [3.05, 3.63) is 52.2 Å². The average molecular weight is 299 g/mol. The zero-order valence-electron chi connectivity index (χ0n) is 13.5. The highest BCUT2D eigenvalue weighted by Gasteiger charge is 2.36. The van der Waals surface area contributed by atoms with Gasteiger partial charge in [0.25, 0.3) is 5.91 Å². The predicted octanol–water partition coefficient (Wildman–Crippen LogP) is 3.08. The van der Waals surface area contributed by atoms with Crippen LogP contribution in [-0.2, 0) is 14.3 Å². The molecular weight excluding hydrogens is 278 g/mol. The third-order valence-corrected chi connectivity index (χ3v) is 3.74. The largest absolute Gasteiger partial charge is 0.465 e. The summed E-state index contributed by atoms with van der Waals surface area (Å²) >= 11 is 0. The fraction of sp³-hybridized carbons (Fsp3) is 0.333. The first-order valence-corrected chi connectivity index (χ1v) is 7.39. The fourth-order valence-electron chi connectivity index (χ4n) is 2.55. The molecule has 0 fully saturated rings. The Labute approximate surface area is 131 Å². The van der Waals surface area contributed by atoms with E-state index in [4.69, 9.17) is 4.74 Å². The number of esters is 1. The third kappa shape index (κ3) is 2.96. The molecule has 1 aromatic carbocycles. The molecule has 0 radical (unpaired) electrons. The molecule has 4 heteroatoms. The number of hydrogen-bond donors (Lipinski definition) is 0. The van der Waals surface area contributed by atoms with Crippen molar-refractivity contribution in [3.63, 3.8) is 0 Å². The minimum absolute atomic E-state index is 0.139. The van der Waals surface area contributed by atoms with Gasteiger partial charge in [0.2, 0.25) is 0 Å². The Morgan fingerprint density at radius 3 is 2.41 bits per heavy atom. The van der Waals surface area contributed by atoms with Gasteiger partial charge < -0.3 is 9.64 Å². The van der Waals surface area contributed by atoms with Crippen LogP contribution >= 0.6 is 0 Å². The second-order valence-corrected chi connectivity index (χ2v) is 5.38. The van der Waals surface area contributed by atoms with Crippen molar-refractivity contribution in [2.75, 3.05) is 13.7 Å². The standard InChI is InChI=1S/C18H21NO3/c1-5-10-19-13(3)16(18(21)22-4)15(17(19)20)11-14-8-6-12(2)7-9-14/h6-9,11H,5,10H2,1-4H3/b15-11-. The molecule has 1 aliphatic rings. The maximum Gasteiger partial charge on any atom is 0.340 e. The first-order valence-electron chi connectivity index (χ1n) is 7.39. The SMILES string of the molecule is CCCN1C(=O)/C(=C\c2ccc(C)cc2)C(C(=O)OC)=C1C. The van der Waals surface area contributed by atoms with Crippen LogP contribution < -0.4 is 0 Å². The number of methoxy groups -OCH3 is 1. The van der Waals surface area contributed by atoms with Gasteiger partial charge in [-0.25, -0.2) is 4.79 Å².